The molecular formula is C15H31N3O2S2. The molecule has 0 rings (SSSR count). The fraction of sp³-hybridized carbons (Fsp3) is 0.867. The molecule has 5 nitrogen and oxygen atoms in total. The van der Waals surface area contributed by atoms with Crippen molar-refractivity contribution in [3.63, 3.8) is 0 Å². The van der Waals surface area contributed by atoms with Gasteiger partial charge in [-0.3, -0.25) is 9.59 Å². The van der Waals surface area contributed by atoms with Crippen LogP contribution < -0.4 is 10.6 Å². The molecule has 0 bridgehead atoms. The molecule has 0 saturated heterocycles. The van der Waals surface area contributed by atoms with Crippen LogP contribution in [-0.4, -0.2) is 61.4 Å². The molecule has 0 aliphatic carbocycles. The highest BCUT2D eigenvalue weighted by molar-refractivity contribution is 8.76. The number of carbonyl (C=O) groups excluding carboxylic acids is 2. The SMILES string of the molecule is CCCCCNC(=O)C(CSSCCCN(C)C)NC(C)=O. The maximum Gasteiger partial charge on any atom is 0.243 e. The van der Waals surface area contributed by atoms with Gasteiger partial charge in [-0.15, -0.1) is 0 Å². The van der Waals surface area contributed by atoms with E-state index in [4.69, 9.17) is 0 Å². The number of nitrogens with zero attached hydrogens (tertiary/aromatic N) is 1. The Hall–Kier alpha value is -0.400. The number of nitrogens with one attached hydrogen (secondary N) is 2. The average Bonchev–Trinajstić information content (AvgIpc) is 2.45. The van der Waals surface area contributed by atoms with Crippen LogP contribution >= 0.6 is 21.6 Å². The first-order valence-electron chi connectivity index (χ1n) is 7.91. The molecule has 0 saturated carbocycles. The van der Waals surface area contributed by atoms with Crippen molar-refractivity contribution in [2.75, 3.05) is 38.7 Å². The van der Waals surface area contributed by atoms with Crippen molar-refractivity contribution in [2.24, 2.45) is 0 Å². The van der Waals surface area contributed by atoms with Crippen molar-refractivity contribution in [2.45, 2.75) is 45.6 Å². The van der Waals surface area contributed by atoms with Gasteiger partial charge in [0.05, 0.1) is 0 Å². The lowest BCUT2D eigenvalue weighted by Gasteiger charge is -2.17. The van der Waals surface area contributed by atoms with Crippen LogP contribution in [0.1, 0.15) is 39.5 Å². The largest absolute Gasteiger partial charge is 0.354 e. The molecule has 1 unspecified atom stereocenters. The van der Waals surface area contributed by atoms with Gasteiger partial charge in [-0.1, -0.05) is 41.4 Å². The van der Waals surface area contributed by atoms with Crippen molar-refractivity contribution in [3.05, 3.63) is 0 Å². The second-order valence-electron chi connectivity index (χ2n) is 5.51. The molecule has 0 aliphatic heterocycles. The number of hydrogen-bond donors (Lipinski definition) is 2. The molecule has 0 spiro atoms. The van der Waals surface area contributed by atoms with Crippen LogP contribution in [0.4, 0.5) is 0 Å². The number of carbonyl (C=O) groups is 2. The minimum absolute atomic E-state index is 0.0762. The Morgan fingerprint density at radius 2 is 1.86 bits per heavy atom. The molecular weight excluding hydrogens is 318 g/mol. The predicted octanol–water partition coefficient (Wildman–Crippen LogP) is 2.13. The standard InChI is InChI=1S/C15H31N3O2S2/c1-5-6-7-9-16-15(20)14(17-13(2)19)12-22-21-11-8-10-18(3)4/h14H,5-12H2,1-4H3,(H,16,20)(H,17,19). The van der Waals surface area contributed by atoms with Crippen LogP contribution in [-0.2, 0) is 9.59 Å². The highest BCUT2D eigenvalue weighted by atomic mass is 33.1. The smallest absolute Gasteiger partial charge is 0.243 e. The van der Waals surface area contributed by atoms with E-state index in [0.717, 1.165) is 38.0 Å². The van der Waals surface area contributed by atoms with Crippen LogP contribution in [0, 0.1) is 0 Å². The topological polar surface area (TPSA) is 61.4 Å². The van der Waals surface area contributed by atoms with Crippen LogP contribution in [0.2, 0.25) is 0 Å². The van der Waals surface area contributed by atoms with Gasteiger partial charge >= 0.3 is 0 Å². The predicted molar refractivity (Wildman–Crippen MR) is 98.2 cm³/mol. The Balaban J connectivity index is 3.95. The first kappa shape index (κ1) is 21.6. The molecule has 2 amide bonds. The Morgan fingerprint density at radius 3 is 2.45 bits per heavy atom. The molecule has 0 aromatic carbocycles. The van der Waals surface area contributed by atoms with Gasteiger partial charge in [0, 0.05) is 25.0 Å². The number of amides is 2. The Labute approximate surface area is 143 Å². The van der Waals surface area contributed by atoms with Gasteiger partial charge in [0.2, 0.25) is 11.8 Å². The quantitative estimate of drug-likeness (QED) is 0.394. The van der Waals surface area contributed by atoms with Crippen molar-refractivity contribution in [1.29, 1.82) is 0 Å². The third-order valence-electron chi connectivity index (χ3n) is 2.92. The molecule has 1 atom stereocenters. The first-order valence-corrected chi connectivity index (χ1v) is 10.4. The first-order chi connectivity index (χ1) is 10.5. The van der Waals surface area contributed by atoms with Gasteiger partial charge in [-0.05, 0) is 33.5 Å². The molecule has 0 aliphatic rings. The van der Waals surface area contributed by atoms with Crippen molar-refractivity contribution in [1.82, 2.24) is 15.5 Å². The molecule has 130 valence electrons. The molecule has 7 heteroatoms. The number of unbranched alkanes of at least 4 members (excludes halogenated alkanes) is 2. The Bertz CT molecular complexity index is 315. The third kappa shape index (κ3) is 13.3. The fourth-order valence-corrected chi connectivity index (χ4v) is 3.99. The van der Waals surface area contributed by atoms with Crippen molar-refractivity contribution in [3.8, 4) is 0 Å². The zero-order valence-corrected chi connectivity index (χ0v) is 15.9. The van der Waals surface area contributed by atoms with E-state index in [9.17, 15) is 9.59 Å². The molecule has 0 heterocycles. The van der Waals surface area contributed by atoms with E-state index in [1.54, 1.807) is 21.6 Å². The number of rotatable bonds is 13. The van der Waals surface area contributed by atoms with Crippen LogP contribution in [0.25, 0.3) is 0 Å². The summed E-state index contributed by atoms with van der Waals surface area (Å²) in [5.74, 6) is 1.42. The summed E-state index contributed by atoms with van der Waals surface area (Å²) >= 11 is 0. The van der Waals surface area contributed by atoms with E-state index in [2.05, 4.69) is 36.6 Å². The van der Waals surface area contributed by atoms with Crippen molar-refractivity contribution < 1.29 is 9.59 Å². The zero-order chi connectivity index (χ0) is 16.8. The molecule has 0 fully saturated rings. The van der Waals surface area contributed by atoms with Gasteiger partial charge in [0.1, 0.15) is 6.04 Å². The van der Waals surface area contributed by atoms with Gasteiger partial charge in [-0.25, -0.2) is 0 Å². The molecule has 22 heavy (non-hydrogen) atoms. The van der Waals surface area contributed by atoms with E-state index in [0.29, 0.717) is 12.3 Å². The highest BCUT2D eigenvalue weighted by Gasteiger charge is 2.18. The summed E-state index contributed by atoms with van der Waals surface area (Å²) in [4.78, 5) is 25.5. The normalized spacial score (nSPS) is 12.2. The lowest BCUT2D eigenvalue weighted by molar-refractivity contribution is -0.127. The van der Waals surface area contributed by atoms with Gasteiger partial charge < -0.3 is 15.5 Å². The third-order valence-corrected chi connectivity index (χ3v) is 5.42. The summed E-state index contributed by atoms with van der Waals surface area (Å²) in [7, 11) is 7.53. The lowest BCUT2D eigenvalue weighted by atomic mass is 10.2. The van der Waals surface area contributed by atoms with Gasteiger partial charge in [0.15, 0.2) is 0 Å². The van der Waals surface area contributed by atoms with E-state index < -0.39 is 6.04 Å². The minimum Gasteiger partial charge on any atom is -0.354 e. The van der Waals surface area contributed by atoms with E-state index >= 15 is 0 Å². The Kier molecular flexibility index (Phi) is 14.0. The molecule has 0 aromatic rings. The minimum atomic E-state index is -0.439. The second-order valence-corrected chi connectivity index (χ2v) is 8.14. The number of hydrogen-bond acceptors (Lipinski definition) is 5. The highest BCUT2D eigenvalue weighted by Crippen LogP contribution is 2.22. The van der Waals surface area contributed by atoms with E-state index in [1.165, 1.54) is 6.92 Å². The van der Waals surface area contributed by atoms with Crippen LogP contribution in [0.5, 0.6) is 0 Å². The van der Waals surface area contributed by atoms with Gasteiger partial charge in [0.25, 0.3) is 0 Å². The summed E-state index contributed by atoms with van der Waals surface area (Å²) in [6, 6.07) is -0.439. The average molecular weight is 350 g/mol. The molecule has 0 aromatic heterocycles. The van der Waals surface area contributed by atoms with E-state index in [1.807, 2.05) is 0 Å². The summed E-state index contributed by atoms with van der Waals surface area (Å²) in [6.07, 6.45) is 4.35. The maximum atomic E-state index is 12.1. The second kappa shape index (κ2) is 14.2. The van der Waals surface area contributed by atoms with Crippen molar-refractivity contribution >= 4 is 33.4 Å². The molecule has 0 radical (unpaired) electrons. The lowest BCUT2D eigenvalue weighted by Crippen LogP contribution is -2.47. The summed E-state index contributed by atoms with van der Waals surface area (Å²) in [6.45, 7) is 5.34. The monoisotopic (exact) mass is 349 g/mol. The van der Waals surface area contributed by atoms with E-state index in [-0.39, 0.29) is 11.8 Å². The molecule has 2 N–H and O–H groups in total. The summed E-state index contributed by atoms with van der Waals surface area (Å²) in [5.41, 5.74) is 0. The fourth-order valence-electron chi connectivity index (χ4n) is 1.75. The van der Waals surface area contributed by atoms with Crippen LogP contribution in [0.3, 0.4) is 0 Å². The summed E-state index contributed by atoms with van der Waals surface area (Å²) in [5, 5.41) is 5.64. The Morgan fingerprint density at radius 1 is 1.14 bits per heavy atom. The maximum absolute atomic E-state index is 12.1. The van der Waals surface area contributed by atoms with Crippen LogP contribution in [0.15, 0.2) is 0 Å². The summed E-state index contributed by atoms with van der Waals surface area (Å²) < 4.78 is 0. The zero-order valence-electron chi connectivity index (χ0n) is 14.3. The van der Waals surface area contributed by atoms with Gasteiger partial charge in [-0.2, -0.15) is 0 Å².